The zero-order valence-corrected chi connectivity index (χ0v) is 25.8. The van der Waals surface area contributed by atoms with Crippen LogP contribution in [0.4, 0.5) is 20.2 Å². The monoisotopic (exact) mass is 621 g/mol. The van der Waals surface area contributed by atoms with Gasteiger partial charge in [0.2, 0.25) is 0 Å². The van der Waals surface area contributed by atoms with Crippen molar-refractivity contribution in [2.45, 2.75) is 46.1 Å². The van der Waals surface area contributed by atoms with Gasteiger partial charge in [0.15, 0.2) is 0 Å². The molecule has 2 saturated heterocycles. The highest BCUT2D eigenvalue weighted by molar-refractivity contribution is 6.31. The number of carboxylic acids is 1. The van der Waals surface area contributed by atoms with E-state index in [0.29, 0.717) is 23.4 Å². The van der Waals surface area contributed by atoms with Crippen molar-refractivity contribution >= 4 is 41.4 Å². The van der Waals surface area contributed by atoms with Crippen molar-refractivity contribution in [3.05, 3.63) is 64.9 Å². The van der Waals surface area contributed by atoms with Crippen LogP contribution in [-0.4, -0.2) is 71.6 Å². The highest BCUT2D eigenvalue weighted by Gasteiger charge is 2.31. The molecule has 3 heterocycles. The van der Waals surface area contributed by atoms with Crippen LogP contribution in [0.1, 0.15) is 62.1 Å². The molecular weight excluding hydrogens is 583 g/mol. The molecular formula is C31H39Cl2F2N5O2. The van der Waals surface area contributed by atoms with E-state index in [1.165, 1.54) is 10.4 Å². The van der Waals surface area contributed by atoms with Gasteiger partial charge in [-0.25, -0.2) is 13.6 Å². The molecule has 1 unspecified atom stereocenters. The molecule has 0 spiro atoms. The summed E-state index contributed by atoms with van der Waals surface area (Å²) < 4.78 is 29.0. The second kappa shape index (κ2) is 13.2. The molecule has 0 saturated carbocycles. The van der Waals surface area contributed by atoms with Crippen LogP contribution in [0.5, 0.6) is 0 Å². The summed E-state index contributed by atoms with van der Waals surface area (Å²) in [7, 11) is 0. The van der Waals surface area contributed by atoms with Crippen molar-refractivity contribution < 1.29 is 18.7 Å². The summed E-state index contributed by atoms with van der Waals surface area (Å²) in [6, 6.07) is 14.0. The number of halogens is 4. The van der Waals surface area contributed by atoms with Crippen LogP contribution in [0.2, 0.25) is 5.02 Å². The number of alkyl halides is 2. The molecule has 7 nitrogen and oxygen atoms in total. The maximum absolute atomic E-state index is 13.9. The fourth-order valence-electron chi connectivity index (χ4n) is 6.12. The standard InChI is InChI=1S/C31H38ClF2N5O2.ClH/c1-31(2,3)20-36-13-15-37(16-14-36)23-9-6-21(7-10-23)25-11-8-22(32)17-27(25)38-12-4-5-24(19-38)39-28(29(33)34)26(18-35-39)30(40)41;/h6-11,17-18,24,29H,4-5,12-16,19-20H2,1-3H3,(H,40,41);1H. The van der Waals surface area contributed by atoms with Gasteiger partial charge in [0, 0.05) is 67.8 Å². The molecule has 1 N–H and O–H groups in total. The zero-order chi connectivity index (χ0) is 29.3. The zero-order valence-electron chi connectivity index (χ0n) is 24.3. The van der Waals surface area contributed by atoms with E-state index in [1.54, 1.807) is 0 Å². The minimum Gasteiger partial charge on any atom is -0.478 e. The van der Waals surface area contributed by atoms with Crippen LogP contribution >= 0.6 is 24.0 Å². The summed E-state index contributed by atoms with van der Waals surface area (Å²) in [6.07, 6.45) is -0.521. The number of piperidine rings is 1. The number of carbonyl (C=O) groups is 1. The minimum absolute atomic E-state index is 0. The van der Waals surface area contributed by atoms with Crippen LogP contribution in [0, 0.1) is 5.41 Å². The molecule has 42 heavy (non-hydrogen) atoms. The number of hydrogen-bond donors (Lipinski definition) is 1. The maximum atomic E-state index is 13.9. The van der Waals surface area contributed by atoms with E-state index >= 15 is 0 Å². The Kier molecular flexibility index (Phi) is 10.1. The number of nitrogens with zero attached hydrogens (tertiary/aromatic N) is 5. The van der Waals surface area contributed by atoms with Crippen LogP contribution in [0.15, 0.2) is 48.7 Å². The van der Waals surface area contributed by atoms with Gasteiger partial charge >= 0.3 is 5.97 Å². The fourth-order valence-corrected chi connectivity index (χ4v) is 6.28. The lowest BCUT2D eigenvalue weighted by molar-refractivity contribution is 0.0681. The summed E-state index contributed by atoms with van der Waals surface area (Å²) in [5, 5.41) is 14.1. The molecule has 3 aromatic rings. The van der Waals surface area contributed by atoms with E-state index in [1.807, 2.05) is 18.2 Å². The third kappa shape index (κ3) is 7.18. The Morgan fingerprint density at radius 3 is 2.36 bits per heavy atom. The van der Waals surface area contributed by atoms with Crippen LogP contribution in [-0.2, 0) is 0 Å². The van der Waals surface area contributed by atoms with Crippen molar-refractivity contribution in [2.24, 2.45) is 5.41 Å². The summed E-state index contributed by atoms with van der Waals surface area (Å²) in [5.74, 6) is -1.40. The van der Waals surface area contributed by atoms with E-state index in [-0.39, 0.29) is 18.4 Å². The van der Waals surface area contributed by atoms with E-state index < -0.39 is 23.7 Å². The molecule has 0 bridgehead atoms. The van der Waals surface area contributed by atoms with Gasteiger partial charge < -0.3 is 14.9 Å². The van der Waals surface area contributed by atoms with Gasteiger partial charge in [-0.3, -0.25) is 9.58 Å². The molecule has 11 heteroatoms. The molecule has 2 aromatic carbocycles. The van der Waals surface area contributed by atoms with Crippen LogP contribution in [0.25, 0.3) is 11.1 Å². The first-order chi connectivity index (χ1) is 19.5. The predicted molar refractivity (Wildman–Crippen MR) is 167 cm³/mol. The van der Waals surface area contributed by atoms with E-state index in [2.05, 4.69) is 64.8 Å². The minimum atomic E-state index is -2.93. The average molecular weight is 623 g/mol. The lowest BCUT2D eigenvalue weighted by atomic mass is 9.95. The summed E-state index contributed by atoms with van der Waals surface area (Å²) in [5.41, 5.74) is 3.49. The molecule has 228 valence electrons. The normalized spacial score (nSPS) is 18.3. The van der Waals surface area contributed by atoms with Crippen LogP contribution < -0.4 is 9.80 Å². The molecule has 5 rings (SSSR count). The van der Waals surface area contributed by atoms with Gasteiger partial charge in [-0.1, -0.05) is 50.6 Å². The van der Waals surface area contributed by atoms with Gasteiger partial charge in [0.1, 0.15) is 11.3 Å². The number of hydrogen-bond acceptors (Lipinski definition) is 5. The topological polar surface area (TPSA) is 64.8 Å². The third-order valence-electron chi connectivity index (χ3n) is 7.93. The summed E-state index contributed by atoms with van der Waals surface area (Å²) in [4.78, 5) is 18.6. The fraction of sp³-hybridized carbons (Fsp3) is 0.484. The SMILES string of the molecule is CC(C)(C)CN1CCN(c2ccc(-c3ccc(Cl)cc3N3CCCC(n4ncc(C(=O)O)c4C(F)F)C3)cc2)CC1.Cl. The summed E-state index contributed by atoms with van der Waals surface area (Å²) in [6.45, 7) is 13.2. The van der Waals surface area contributed by atoms with Crippen molar-refractivity contribution in [2.75, 3.05) is 55.6 Å². The van der Waals surface area contributed by atoms with Crippen molar-refractivity contribution in [1.29, 1.82) is 0 Å². The smallest absolute Gasteiger partial charge is 0.339 e. The predicted octanol–water partition coefficient (Wildman–Crippen LogP) is 7.27. The number of carboxylic acid groups (broad SMARTS) is 1. The Hall–Kier alpha value is -2.88. The number of rotatable bonds is 7. The van der Waals surface area contributed by atoms with Gasteiger partial charge in [-0.2, -0.15) is 5.10 Å². The average Bonchev–Trinajstić information content (AvgIpc) is 3.39. The Bertz CT molecular complexity index is 1370. The highest BCUT2D eigenvalue weighted by atomic mass is 35.5. The first kappa shape index (κ1) is 32.0. The Morgan fingerprint density at radius 2 is 1.74 bits per heavy atom. The third-order valence-corrected chi connectivity index (χ3v) is 8.16. The molecule has 2 aliphatic rings. The second-order valence-corrected chi connectivity index (χ2v) is 12.7. The Morgan fingerprint density at radius 1 is 1.05 bits per heavy atom. The maximum Gasteiger partial charge on any atom is 0.339 e. The molecule has 1 atom stereocenters. The van der Waals surface area contributed by atoms with Crippen molar-refractivity contribution in [3.8, 4) is 11.1 Å². The first-order valence-electron chi connectivity index (χ1n) is 14.2. The van der Waals surface area contributed by atoms with Gasteiger partial charge in [-0.15, -0.1) is 12.4 Å². The van der Waals surface area contributed by atoms with E-state index in [9.17, 15) is 18.7 Å². The Balaban J connectivity index is 0.00000405. The first-order valence-corrected chi connectivity index (χ1v) is 14.6. The number of aromatic carboxylic acids is 1. The van der Waals surface area contributed by atoms with Crippen molar-refractivity contribution in [3.63, 3.8) is 0 Å². The number of benzene rings is 2. The van der Waals surface area contributed by atoms with Gasteiger partial charge in [-0.05, 0) is 48.1 Å². The molecule has 0 amide bonds. The van der Waals surface area contributed by atoms with Gasteiger partial charge in [0.05, 0.1) is 12.2 Å². The van der Waals surface area contributed by atoms with E-state index in [0.717, 1.165) is 68.7 Å². The second-order valence-electron chi connectivity index (χ2n) is 12.3. The van der Waals surface area contributed by atoms with Crippen LogP contribution in [0.3, 0.4) is 0 Å². The molecule has 0 radical (unpaired) electrons. The highest BCUT2D eigenvalue weighted by Crippen LogP contribution is 2.38. The van der Waals surface area contributed by atoms with Crippen molar-refractivity contribution in [1.82, 2.24) is 14.7 Å². The summed E-state index contributed by atoms with van der Waals surface area (Å²) >= 11 is 6.44. The molecule has 2 fully saturated rings. The lowest BCUT2D eigenvalue weighted by Crippen LogP contribution is -2.48. The number of aromatic nitrogens is 2. The number of piperazine rings is 1. The molecule has 1 aromatic heterocycles. The molecule has 0 aliphatic carbocycles. The quantitative estimate of drug-likeness (QED) is 0.299. The molecule has 2 aliphatic heterocycles. The Labute approximate surface area is 257 Å². The van der Waals surface area contributed by atoms with Gasteiger partial charge in [0.25, 0.3) is 6.43 Å². The number of anilines is 2. The lowest BCUT2D eigenvalue weighted by Gasteiger charge is -2.39. The van der Waals surface area contributed by atoms with E-state index in [4.69, 9.17) is 11.6 Å². The largest absolute Gasteiger partial charge is 0.478 e.